The molecule has 23 heavy (non-hydrogen) atoms. The van der Waals surface area contributed by atoms with Gasteiger partial charge in [0.1, 0.15) is 5.75 Å². The molecule has 0 aliphatic heterocycles. The van der Waals surface area contributed by atoms with Crippen LogP contribution in [0.25, 0.3) is 0 Å². The Morgan fingerprint density at radius 3 is 1.61 bits per heavy atom. The van der Waals surface area contributed by atoms with E-state index in [2.05, 4.69) is 0 Å². The summed E-state index contributed by atoms with van der Waals surface area (Å²) in [6.07, 6.45) is 0. The second-order valence-corrected chi connectivity index (χ2v) is 7.44. The highest BCUT2D eigenvalue weighted by molar-refractivity contribution is 5.62. The van der Waals surface area contributed by atoms with Gasteiger partial charge in [0.25, 0.3) is 0 Å². The third kappa shape index (κ3) is 2.93. The number of phenolic OH excluding ortho intramolecular Hbond substituents is 4. The first-order valence-corrected chi connectivity index (χ1v) is 7.54. The smallest absolute Gasteiger partial charge is 0.200 e. The number of aromatic hydroxyl groups is 4. The van der Waals surface area contributed by atoms with Gasteiger partial charge in [0.2, 0.25) is 5.75 Å². The van der Waals surface area contributed by atoms with Crippen LogP contribution in [0.4, 0.5) is 0 Å². The molecule has 2 rings (SSSR count). The summed E-state index contributed by atoms with van der Waals surface area (Å²) in [6.45, 7) is 9.61. The van der Waals surface area contributed by atoms with Gasteiger partial charge in [-0.3, -0.25) is 0 Å². The van der Waals surface area contributed by atoms with Crippen molar-refractivity contribution >= 4 is 0 Å². The molecule has 0 amide bonds. The van der Waals surface area contributed by atoms with Crippen LogP contribution in [-0.2, 0) is 10.8 Å². The van der Waals surface area contributed by atoms with Gasteiger partial charge in [-0.2, -0.15) is 0 Å². The van der Waals surface area contributed by atoms with Gasteiger partial charge in [-0.15, -0.1) is 0 Å². The quantitative estimate of drug-likeness (QED) is 0.628. The van der Waals surface area contributed by atoms with Crippen molar-refractivity contribution in [3.63, 3.8) is 0 Å². The maximum absolute atomic E-state index is 10.4. The minimum Gasteiger partial charge on any atom is -0.508 e. The molecule has 0 spiro atoms. The minimum atomic E-state index is -0.622. The summed E-state index contributed by atoms with van der Waals surface area (Å²) in [5, 5.41) is 40.1. The first kappa shape index (κ1) is 17.0. The molecule has 0 aliphatic carbocycles. The Morgan fingerprint density at radius 1 is 0.652 bits per heavy atom. The van der Waals surface area contributed by atoms with Crippen molar-refractivity contribution in [2.75, 3.05) is 0 Å². The third-order valence-corrected chi connectivity index (χ3v) is 4.32. The first-order chi connectivity index (χ1) is 10.5. The summed E-state index contributed by atoms with van der Waals surface area (Å²) in [6, 6.07) is 8.44. The second kappa shape index (κ2) is 5.37. The van der Waals surface area contributed by atoms with E-state index in [9.17, 15) is 20.4 Å². The van der Waals surface area contributed by atoms with Crippen LogP contribution in [0, 0.1) is 0 Å². The van der Waals surface area contributed by atoms with Crippen LogP contribution in [0.5, 0.6) is 23.0 Å². The van der Waals surface area contributed by atoms with E-state index in [1.807, 2.05) is 34.6 Å². The maximum atomic E-state index is 10.4. The second-order valence-electron chi connectivity index (χ2n) is 7.44. The lowest BCUT2D eigenvalue weighted by Crippen LogP contribution is -2.21. The van der Waals surface area contributed by atoms with Crippen LogP contribution in [0.15, 0.2) is 30.3 Å². The zero-order valence-corrected chi connectivity index (χ0v) is 14.2. The summed E-state index contributed by atoms with van der Waals surface area (Å²) >= 11 is 0. The van der Waals surface area contributed by atoms with Crippen molar-refractivity contribution in [2.24, 2.45) is 0 Å². The van der Waals surface area contributed by atoms with E-state index in [1.165, 1.54) is 0 Å². The first-order valence-electron chi connectivity index (χ1n) is 7.54. The molecule has 0 aromatic heterocycles. The molecule has 4 nitrogen and oxygen atoms in total. The average Bonchev–Trinajstić information content (AvgIpc) is 2.43. The van der Waals surface area contributed by atoms with E-state index in [-0.39, 0.29) is 17.2 Å². The summed E-state index contributed by atoms with van der Waals surface area (Å²) in [7, 11) is 0. The standard InChI is InChI=1S/C19H24O4/c1-18(2,3)13-10-14(16(22)17(23)15(13)21)19(4,5)11-6-8-12(20)9-7-11/h6-10,20-23H,1-5H3. The zero-order chi connectivity index (χ0) is 17.6. The Labute approximate surface area is 136 Å². The van der Waals surface area contributed by atoms with Crippen LogP contribution in [-0.4, -0.2) is 20.4 Å². The van der Waals surface area contributed by atoms with Crippen molar-refractivity contribution in [3.05, 3.63) is 47.0 Å². The van der Waals surface area contributed by atoms with Crippen molar-refractivity contribution < 1.29 is 20.4 Å². The van der Waals surface area contributed by atoms with Crippen LogP contribution in [0.2, 0.25) is 0 Å². The normalized spacial score (nSPS) is 12.4. The summed E-state index contributed by atoms with van der Waals surface area (Å²) in [4.78, 5) is 0. The molecule has 2 aromatic carbocycles. The third-order valence-electron chi connectivity index (χ3n) is 4.32. The number of benzene rings is 2. The SMILES string of the molecule is CC(C)(C)c1cc(C(C)(C)c2ccc(O)cc2)c(O)c(O)c1O. The van der Waals surface area contributed by atoms with Gasteiger partial charge in [-0.25, -0.2) is 0 Å². The molecule has 0 aliphatic rings. The molecule has 4 N–H and O–H groups in total. The summed E-state index contributed by atoms with van der Waals surface area (Å²) in [5.74, 6) is -0.953. The lowest BCUT2D eigenvalue weighted by atomic mass is 9.74. The predicted octanol–water partition coefficient (Wildman–Crippen LogP) is 4.13. The van der Waals surface area contributed by atoms with E-state index in [0.29, 0.717) is 11.1 Å². The van der Waals surface area contributed by atoms with Crippen molar-refractivity contribution in [1.82, 2.24) is 0 Å². The largest absolute Gasteiger partial charge is 0.508 e. The van der Waals surface area contributed by atoms with Crippen molar-refractivity contribution in [1.29, 1.82) is 0 Å². The predicted molar refractivity (Wildman–Crippen MR) is 90.4 cm³/mol. The van der Waals surface area contributed by atoms with E-state index in [4.69, 9.17) is 0 Å². The van der Waals surface area contributed by atoms with Gasteiger partial charge in [0.15, 0.2) is 11.5 Å². The fourth-order valence-corrected chi connectivity index (χ4v) is 2.73. The molecule has 124 valence electrons. The van der Waals surface area contributed by atoms with E-state index < -0.39 is 16.6 Å². The molecule has 0 saturated heterocycles. The van der Waals surface area contributed by atoms with Gasteiger partial charge in [-0.1, -0.05) is 46.8 Å². The molecule has 0 atom stereocenters. The van der Waals surface area contributed by atoms with Gasteiger partial charge >= 0.3 is 0 Å². The van der Waals surface area contributed by atoms with Gasteiger partial charge < -0.3 is 20.4 Å². The molecule has 4 heteroatoms. The molecule has 0 unspecified atom stereocenters. The fourth-order valence-electron chi connectivity index (χ4n) is 2.73. The lowest BCUT2D eigenvalue weighted by molar-refractivity contribution is 0.351. The Morgan fingerprint density at radius 2 is 1.13 bits per heavy atom. The van der Waals surface area contributed by atoms with Crippen molar-refractivity contribution in [2.45, 2.75) is 45.4 Å². The Bertz CT molecular complexity index is 723. The summed E-state index contributed by atoms with van der Waals surface area (Å²) in [5.41, 5.74) is 0.937. The molecular weight excluding hydrogens is 292 g/mol. The van der Waals surface area contributed by atoms with Crippen molar-refractivity contribution in [3.8, 4) is 23.0 Å². The molecule has 0 radical (unpaired) electrons. The minimum absolute atomic E-state index is 0.165. The highest BCUT2D eigenvalue weighted by Crippen LogP contribution is 2.49. The number of phenols is 4. The van der Waals surface area contributed by atoms with E-state index >= 15 is 0 Å². The average molecular weight is 316 g/mol. The van der Waals surface area contributed by atoms with Crippen LogP contribution in [0.3, 0.4) is 0 Å². The number of hydrogen-bond donors (Lipinski definition) is 4. The fraction of sp³-hybridized carbons (Fsp3) is 0.368. The van der Waals surface area contributed by atoms with Gasteiger partial charge in [0.05, 0.1) is 0 Å². The molecule has 0 heterocycles. The Hall–Kier alpha value is -2.36. The van der Waals surface area contributed by atoms with Crippen LogP contribution in [0.1, 0.15) is 51.3 Å². The van der Waals surface area contributed by atoms with E-state index in [0.717, 1.165) is 5.56 Å². The van der Waals surface area contributed by atoms with E-state index in [1.54, 1.807) is 30.3 Å². The molecular formula is C19H24O4. The topological polar surface area (TPSA) is 80.9 Å². The summed E-state index contributed by atoms with van der Waals surface area (Å²) < 4.78 is 0. The van der Waals surface area contributed by atoms with Gasteiger partial charge in [-0.05, 0) is 29.2 Å². The van der Waals surface area contributed by atoms with Crippen LogP contribution >= 0.6 is 0 Å². The molecule has 0 fully saturated rings. The highest BCUT2D eigenvalue weighted by Gasteiger charge is 2.32. The number of rotatable bonds is 2. The molecule has 0 bridgehead atoms. The van der Waals surface area contributed by atoms with Crippen LogP contribution < -0.4 is 0 Å². The Kier molecular flexibility index (Phi) is 3.97. The zero-order valence-electron chi connectivity index (χ0n) is 14.2. The highest BCUT2D eigenvalue weighted by atomic mass is 16.3. The van der Waals surface area contributed by atoms with Gasteiger partial charge in [0, 0.05) is 16.5 Å². The lowest BCUT2D eigenvalue weighted by Gasteiger charge is -2.30. The molecule has 2 aromatic rings. The monoisotopic (exact) mass is 316 g/mol. The maximum Gasteiger partial charge on any atom is 0.200 e. The Balaban J connectivity index is 2.71. The number of hydrogen-bond acceptors (Lipinski definition) is 4. The molecule has 0 saturated carbocycles.